The van der Waals surface area contributed by atoms with Crippen molar-refractivity contribution >= 4 is 17.8 Å². The van der Waals surface area contributed by atoms with Crippen LogP contribution in [0.2, 0.25) is 0 Å². The number of H-pyrrole nitrogens is 1. The van der Waals surface area contributed by atoms with Gasteiger partial charge in [-0.05, 0) is 58.4 Å². The Hall–Kier alpha value is -2.31. The topological polar surface area (TPSA) is 91.5 Å². The molecule has 1 aromatic rings. The second-order valence-electron chi connectivity index (χ2n) is 7.66. The Morgan fingerprint density at radius 2 is 1.86 bits per heavy atom. The van der Waals surface area contributed by atoms with Crippen LogP contribution < -0.4 is 5.32 Å². The molecule has 1 aliphatic heterocycles. The lowest BCUT2D eigenvalue weighted by atomic mass is 9.92. The lowest BCUT2D eigenvalue weighted by Gasteiger charge is -2.32. The Kier molecular flexibility index (Phi) is 7.66. The van der Waals surface area contributed by atoms with E-state index < -0.39 is 5.97 Å². The van der Waals surface area contributed by atoms with Gasteiger partial charge in [0.1, 0.15) is 5.69 Å². The molecule has 2 N–H and O–H groups in total. The first-order valence-corrected chi connectivity index (χ1v) is 10.2. The number of likely N-dealkylation sites (tertiary alicyclic amines) is 1. The fourth-order valence-electron chi connectivity index (χ4n) is 3.67. The van der Waals surface area contributed by atoms with Crippen LogP contribution in [0.1, 0.15) is 78.6 Å². The van der Waals surface area contributed by atoms with E-state index in [1.54, 1.807) is 25.7 Å². The number of hydrogen-bond acceptors (Lipinski definition) is 4. The van der Waals surface area contributed by atoms with Crippen LogP contribution in [0.3, 0.4) is 0 Å². The quantitative estimate of drug-likeness (QED) is 0.699. The Labute approximate surface area is 167 Å². The van der Waals surface area contributed by atoms with Crippen molar-refractivity contribution in [1.29, 1.82) is 0 Å². The summed E-state index contributed by atoms with van der Waals surface area (Å²) >= 11 is 0. The van der Waals surface area contributed by atoms with Crippen molar-refractivity contribution in [2.24, 2.45) is 5.92 Å². The fraction of sp³-hybridized carbons (Fsp3) is 0.667. The highest BCUT2D eigenvalue weighted by atomic mass is 16.5. The molecule has 0 spiro atoms. The third-order valence-electron chi connectivity index (χ3n) is 5.53. The molecule has 2 heterocycles. The van der Waals surface area contributed by atoms with Gasteiger partial charge in [0.05, 0.1) is 12.2 Å². The lowest BCUT2D eigenvalue weighted by Crippen LogP contribution is -2.40. The maximum absolute atomic E-state index is 12.9. The maximum atomic E-state index is 12.9. The molecule has 28 heavy (non-hydrogen) atoms. The van der Waals surface area contributed by atoms with Crippen molar-refractivity contribution in [2.45, 2.75) is 66.3 Å². The smallest absolute Gasteiger partial charge is 0.340 e. The zero-order valence-corrected chi connectivity index (χ0v) is 17.7. The molecule has 0 bridgehead atoms. The first kappa shape index (κ1) is 22.0. The predicted octanol–water partition coefficient (Wildman–Crippen LogP) is 2.97. The monoisotopic (exact) mass is 391 g/mol. The molecule has 0 aliphatic carbocycles. The summed E-state index contributed by atoms with van der Waals surface area (Å²) in [7, 11) is 0. The van der Waals surface area contributed by atoms with Crippen LogP contribution in [0.15, 0.2) is 0 Å². The van der Waals surface area contributed by atoms with Crippen molar-refractivity contribution in [2.75, 3.05) is 19.7 Å². The number of piperidine rings is 1. The van der Waals surface area contributed by atoms with E-state index in [0.29, 0.717) is 54.5 Å². The molecular weight excluding hydrogens is 358 g/mol. The molecule has 1 saturated heterocycles. The Bertz CT molecular complexity index is 717. The van der Waals surface area contributed by atoms with Gasteiger partial charge in [-0.3, -0.25) is 9.59 Å². The number of aromatic amines is 1. The number of hydrogen-bond donors (Lipinski definition) is 2. The average Bonchev–Trinajstić information content (AvgIpc) is 2.96. The number of carbonyl (C=O) groups excluding carboxylic acids is 3. The molecule has 1 fully saturated rings. The van der Waals surface area contributed by atoms with Gasteiger partial charge in [-0.25, -0.2) is 4.79 Å². The van der Waals surface area contributed by atoms with Gasteiger partial charge >= 0.3 is 5.97 Å². The minimum Gasteiger partial charge on any atom is -0.462 e. The highest BCUT2D eigenvalue weighted by Gasteiger charge is 2.29. The highest BCUT2D eigenvalue weighted by molar-refractivity contribution is 6.00. The number of ether oxygens (including phenoxy) is 1. The first-order valence-electron chi connectivity index (χ1n) is 10.2. The molecule has 0 aromatic carbocycles. The number of nitrogens with zero attached hydrogens (tertiary/aromatic N) is 1. The van der Waals surface area contributed by atoms with Gasteiger partial charge in [0.15, 0.2) is 0 Å². The Morgan fingerprint density at radius 1 is 1.21 bits per heavy atom. The number of carbonyl (C=O) groups is 3. The summed E-state index contributed by atoms with van der Waals surface area (Å²) in [4.78, 5) is 42.0. The number of amides is 2. The second kappa shape index (κ2) is 9.75. The summed E-state index contributed by atoms with van der Waals surface area (Å²) in [5, 5.41) is 3.01. The van der Waals surface area contributed by atoms with Crippen LogP contribution >= 0.6 is 0 Å². The summed E-state index contributed by atoms with van der Waals surface area (Å²) in [6.07, 6.45) is 3.05. The second-order valence-corrected chi connectivity index (χ2v) is 7.66. The number of aryl methyl sites for hydroxylation is 1. The van der Waals surface area contributed by atoms with Gasteiger partial charge in [-0.1, -0.05) is 6.92 Å². The number of nitrogens with one attached hydrogen (secondary N) is 2. The third-order valence-corrected chi connectivity index (χ3v) is 5.53. The molecule has 1 aliphatic rings. The van der Waals surface area contributed by atoms with E-state index in [1.165, 1.54) is 0 Å². The largest absolute Gasteiger partial charge is 0.462 e. The molecule has 0 unspecified atom stereocenters. The molecule has 2 amide bonds. The van der Waals surface area contributed by atoms with Crippen LogP contribution in [0.25, 0.3) is 0 Å². The molecule has 7 heteroatoms. The van der Waals surface area contributed by atoms with Crippen LogP contribution in [0, 0.1) is 19.8 Å². The fourth-order valence-corrected chi connectivity index (χ4v) is 3.67. The molecule has 0 radical (unpaired) electrons. The minimum atomic E-state index is -0.404. The molecular formula is C21H33N3O4. The van der Waals surface area contributed by atoms with E-state index >= 15 is 0 Å². The van der Waals surface area contributed by atoms with Gasteiger partial charge in [0.25, 0.3) is 5.91 Å². The summed E-state index contributed by atoms with van der Waals surface area (Å²) in [5.41, 5.74) is 2.18. The number of rotatable bonds is 7. The normalized spacial score (nSPS) is 16.0. The van der Waals surface area contributed by atoms with E-state index in [-0.39, 0.29) is 17.9 Å². The van der Waals surface area contributed by atoms with Gasteiger partial charge in [-0.15, -0.1) is 0 Å². The predicted molar refractivity (Wildman–Crippen MR) is 107 cm³/mol. The van der Waals surface area contributed by atoms with E-state index in [4.69, 9.17) is 4.74 Å². The maximum Gasteiger partial charge on any atom is 0.340 e. The Morgan fingerprint density at radius 3 is 2.43 bits per heavy atom. The molecule has 7 nitrogen and oxygen atoms in total. The van der Waals surface area contributed by atoms with Crippen molar-refractivity contribution in [3.05, 3.63) is 22.5 Å². The van der Waals surface area contributed by atoms with Crippen LogP contribution in [0.4, 0.5) is 0 Å². The standard InChI is InChI=1S/C21H33N3O4/c1-6-13(3)22-17(25)12-16-8-10-24(11-9-16)20(26)19-14(4)18(15(5)23-19)21(27)28-7-2/h13,16,23H,6-12H2,1-5H3,(H,22,25)/t13-/m1/s1. The Balaban J connectivity index is 1.96. The number of esters is 1. The van der Waals surface area contributed by atoms with Crippen LogP contribution in [0.5, 0.6) is 0 Å². The van der Waals surface area contributed by atoms with Crippen LogP contribution in [-0.4, -0.2) is 53.4 Å². The van der Waals surface area contributed by atoms with E-state index in [0.717, 1.165) is 19.3 Å². The molecule has 2 rings (SSSR count). The van der Waals surface area contributed by atoms with Crippen molar-refractivity contribution in [3.63, 3.8) is 0 Å². The van der Waals surface area contributed by atoms with Gasteiger partial charge < -0.3 is 19.9 Å². The average molecular weight is 392 g/mol. The van der Waals surface area contributed by atoms with Crippen molar-refractivity contribution in [3.8, 4) is 0 Å². The van der Waals surface area contributed by atoms with Crippen molar-refractivity contribution in [1.82, 2.24) is 15.2 Å². The van der Waals surface area contributed by atoms with Crippen molar-refractivity contribution < 1.29 is 19.1 Å². The molecule has 156 valence electrons. The first-order chi connectivity index (χ1) is 13.3. The van der Waals surface area contributed by atoms with E-state index in [1.807, 2.05) is 13.8 Å². The van der Waals surface area contributed by atoms with Gasteiger partial charge in [0, 0.05) is 31.2 Å². The third kappa shape index (κ3) is 5.14. The highest BCUT2D eigenvalue weighted by Crippen LogP contribution is 2.25. The van der Waals surface area contributed by atoms with E-state index in [2.05, 4.69) is 10.3 Å². The van der Waals surface area contributed by atoms with Gasteiger partial charge in [-0.2, -0.15) is 0 Å². The molecule has 1 atom stereocenters. The van der Waals surface area contributed by atoms with Crippen LogP contribution in [-0.2, 0) is 9.53 Å². The van der Waals surface area contributed by atoms with E-state index in [9.17, 15) is 14.4 Å². The molecule has 0 saturated carbocycles. The zero-order valence-electron chi connectivity index (χ0n) is 17.7. The summed E-state index contributed by atoms with van der Waals surface area (Å²) < 4.78 is 5.09. The summed E-state index contributed by atoms with van der Waals surface area (Å²) in [5.74, 6) is -0.110. The summed E-state index contributed by atoms with van der Waals surface area (Å²) in [6, 6.07) is 0.196. The molecule has 1 aromatic heterocycles. The van der Waals surface area contributed by atoms with Gasteiger partial charge in [0.2, 0.25) is 5.91 Å². The summed E-state index contributed by atoms with van der Waals surface area (Å²) in [6.45, 7) is 10.9. The zero-order chi connectivity index (χ0) is 20.8. The minimum absolute atomic E-state index is 0.0917. The SMILES string of the molecule is CCOC(=O)c1c(C)[nH]c(C(=O)N2CCC(CC(=O)N[C@H](C)CC)CC2)c1C. The number of aromatic nitrogens is 1. The lowest BCUT2D eigenvalue weighted by molar-refractivity contribution is -0.122.